The molecule has 0 saturated heterocycles. The molecular formula is C11H12ClN3. The van der Waals surface area contributed by atoms with Crippen LogP contribution in [0.2, 0.25) is 5.02 Å². The van der Waals surface area contributed by atoms with Crippen LogP contribution in [0.1, 0.15) is 19.3 Å². The molecule has 3 nitrogen and oxygen atoms in total. The van der Waals surface area contributed by atoms with E-state index in [1.54, 1.807) is 6.20 Å². The van der Waals surface area contributed by atoms with Crippen molar-refractivity contribution in [2.24, 2.45) is 0 Å². The summed E-state index contributed by atoms with van der Waals surface area (Å²) in [4.78, 5) is 6.42. The van der Waals surface area contributed by atoms with Crippen LogP contribution in [0.4, 0.5) is 5.82 Å². The molecule has 0 N–H and O–H groups in total. The lowest BCUT2D eigenvalue weighted by molar-refractivity contribution is 0.778. The van der Waals surface area contributed by atoms with Crippen molar-refractivity contribution in [2.75, 3.05) is 11.4 Å². The molecule has 1 aromatic rings. The summed E-state index contributed by atoms with van der Waals surface area (Å²) >= 11 is 6.08. The standard InChI is InChI=1S/C11H12ClN3/c12-10-3-1-7-14-11(10)15(8-2-6-13)9-4-5-9/h1,3,7,9H,2,4-5,8H2. The van der Waals surface area contributed by atoms with E-state index in [1.165, 1.54) is 12.8 Å². The Kier molecular flexibility index (Phi) is 3.08. The molecule has 78 valence electrons. The maximum atomic E-state index is 8.60. The lowest BCUT2D eigenvalue weighted by Crippen LogP contribution is -2.27. The van der Waals surface area contributed by atoms with Crippen LogP contribution in [-0.4, -0.2) is 17.6 Å². The van der Waals surface area contributed by atoms with Crippen molar-refractivity contribution in [3.63, 3.8) is 0 Å². The SMILES string of the molecule is N#CCCN(c1ncccc1Cl)C1CC1. The van der Waals surface area contributed by atoms with Gasteiger partial charge in [0.05, 0.1) is 17.5 Å². The van der Waals surface area contributed by atoms with E-state index in [4.69, 9.17) is 16.9 Å². The largest absolute Gasteiger partial charge is 0.351 e. The van der Waals surface area contributed by atoms with Crippen LogP contribution < -0.4 is 4.90 Å². The summed E-state index contributed by atoms with van der Waals surface area (Å²) in [5.74, 6) is 0.817. The fourth-order valence-electron chi connectivity index (χ4n) is 1.61. The molecule has 1 saturated carbocycles. The normalized spacial score (nSPS) is 14.7. The summed E-state index contributed by atoms with van der Waals surface area (Å²) in [6, 6.07) is 6.35. The molecule has 1 aliphatic carbocycles. The fourth-order valence-corrected chi connectivity index (χ4v) is 1.84. The Hall–Kier alpha value is -1.27. The first-order chi connectivity index (χ1) is 7.33. The van der Waals surface area contributed by atoms with Gasteiger partial charge in [-0.3, -0.25) is 0 Å². The Labute approximate surface area is 94.3 Å². The average Bonchev–Trinajstić information content (AvgIpc) is 3.05. The number of halogens is 1. The lowest BCUT2D eigenvalue weighted by atomic mass is 10.3. The third kappa shape index (κ3) is 2.40. The molecule has 1 aliphatic rings. The first-order valence-electron chi connectivity index (χ1n) is 5.07. The van der Waals surface area contributed by atoms with E-state index in [1.807, 2.05) is 12.1 Å². The van der Waals surface area contributed by atoms with Crippen molar-refractivity contribution >= 4 is 17.4 Å². The van der Waals surface area contributed by atoms with E-state index >= 15 is 0 Å². The summed E-state index contributed by atoms with van der Waals surface area (Å²) in [5, 5.41) is 9.27. The highest BCUT2D eigenvalue weighted by molar-refractivity contribution is 6.32. The molecule has 0 bridgehead atoms. The van der Waals surface area contributed by atoms with E-state index in [0.29, 0.717) is 17.5 Å². The van der Waals surface area contributed by atoms with E-state index in [2.05, 4.69) is 16.0 Å². The Balaban J connectivity index is 2.17. The smallest absolute Gasteiger partial charge is 0.147 e. The van der Waals surface area contributed by atoms with Crippen molar-refractivity contribution in [1.82, 2.24) is 4.98 Å². The number of hydrogen-bond acceptors (Lipinski definition) is 3. The number of nitrogens with zero attached hydrogens (tertiary/aromatic N) is 3. The molecule has 0 aliphatic heterocycles. The third-order valence-electron chi connectivity index (χ3n) is 2.46. The van der Waals surface area contributed by atoms with Crippen molar-refractivity contribution in [2.45, 2.75) is 25.3 Å². The maximum absolute atomic E-state index is 8.60. The summed E-state index contributed by atoms with van der Waals surface area (Å²) in [7, 11) is 0. The number of aromatic nitrogens is 1. The summed E-state index contributed by atoms with van der Waals surface area (Å²) < 4.78 is 0. The second-order valence-corrected chi connectivity index (χ2v) is 4.05. The zero-order chi connectivity index (χ0) is 10.7. The van der Waals surface area contributed by atoms with Crippen LogP contribution in [0.25, 0.3) is 0 Å². The number of nitriles is 1. The highest BCUT2D eigenvalue weighted by Crippen LogP contribution is 2.33. The van der Waals surface area contributed by atoms with Crippen molar-refractivity contribution < 1.29 is 0 Å². The Morgan fingerprint density at radius 3 is 3.00 bits per heavy atom. The van der Waals surface area contributed by atoms with Gasteiger partial charge in [0.25, 0.3) is 0 Å². The number of hydrogen-bond donors (Lipinski definition) is 0. The summed E-state index contributed by atoms with van der Waals surface area (Å²) in [5.41, 5.74) is 0. The van der Waals surface area contributed by atoms with Gasteiger partial charge in [-0.2, -0.15) is 5.26 Å². The van der Waals surface area contributed by atoms with E-state index in [-0.39, 0.29) is 0 Å². The molecular weight excluding hydrogens is 210 g/mol. The minimum absolute atomic E-state index is 0.517. The monoisotopic (exact) mass is 221 g/mol. The van der Waals surface area contributed by atoms with Crippen LogP contribution in [0.3, 0.4) is 0 Å². The average molecular weight is 222 g/mol. The van der Waals surface area contributed by atoms with Gasteiger partial charge in [0.1, 0.15) is 5.82 Å². The van der Waals surface area contributed by atoms with E-state index in [0.717, 1.165) is 12.4 Å². The second-order valence-electron chi connectivity index (χ2n) is 3.64. The molecule has 0 atom stereocenters. The third-order valence-corrected chi connectivity index (χ3v) is 2.76. The van der Waals surface area contributed by atoms with Crippen molar-refractivity contribution in [1.29, 1.82) is 5.26 Å². The van der Waals surface area contributed by atoms with Crippen LogP contribution in [-0.2, 0) is 0 Å². The maximum Gasteiger partial charge on any atom is 0.147 e. The van der Waals surface area contributed by atoms with E-state index in [9.17, 15) is 0 Å². The molecule has 4 heteroatoms. The predicted octanol–water partition coefficient (Wildman–Crippen LogP) is 2.62. The van der Waals surface area contributed by atoms with Crippen molar-refractivity contribution in [3.8, 4) is 6.07 Å². The molecule has 1 fully saturated rings. The van der Waals surface area contributed by atoms with Gasteiger partial charge in [0.2, 0.25) is 0 Å². The zero-order valence-corrected chi connectivity index (χ0v) is 9.11. The van der Waals surface area contributed by atoms with Gasteiger partial charge in [0.15, 0.2) is 0 Å². The summed E-state index contributed by atoms with van der Waals surface area (Å²) in [6.07, 6.45) is 4.61. The molecule has 1 aromatic heterocycles. The van der Waals surface area contributed by atoms with Gasteiger partial charge in [0, 0.05) is 18.8 Å². The van der Waals surface area contributed by atoms with Crippen LogP contribution in [0, 0.1) is 11.3 Å². The Morgan fingerprint density at radius 2 is 2.40 bits per heavy atom. The minimum Gasteiger partial charge on any atom is -0.351 e. The molecule has 0 spiro atoms. The first-order valence-corrected chi connectivity index (χ1v) is 5.45. The molecule has 0 aromatic carbocycles. The van der Waals surface area contributed by atoms with Crippen LogP contribution in [0.15, 0.2) is 18.3 Å². The minimum atomic E-state index is 0.517. The molecule has 0 amide bonds. The first kappa shape index (κ1) is 10.3. The molecule has 1 heterocycles. The van der Waals surface area contributed by atoms with Gasteiger partial charge in [-0.1, -0.05) is 11.6 Å². The van der Waals surface area contributed by atoms with Gasteiger partial charge >= 0.3 is 0 Å². The molecule has 0 radical (unpaired) electrons. The van der Waals surface area contributed by atoms with Gasteiger partial charge < -0.3 is 4.90 Å². The van der Waals surface area contributed by atoms with Crippen LogP contribution >= 0.6 is 11.6 Å². The fraction of sp³-hybridized carbons (Fsp3) is 0.455. The highest BCUT2D eigenvalue weighted by atomic mass is 35.5. The second kappa shape index (κ2) is 4.50. The number of anilines is 1. The number of pyridine rings is 1. The Morgan fingerprint density at radius 1 is 1.60 bits per heavy atom. The van der Waals surface area contributed by atoms with Crippen molar-refractivity contribution in [3.05, 3.63) is 23.4 Å². The summed E-state index contributed by atoms with van der Waals surface area (Å²) in [6.45, 7) is 0.720. The van der Waals surface area contributed by atoms with Gasteiger partial charge in [-0.15, -0.1) is 0 Å². The molecule has 15 heavy (non-hydrogen) atoms. The van der Waals surface area contributed by atoms with Crippen LogP contribution in [0.5, 0.6) is 0 Å². The highest BCUT2D eigenvalue weighted by Gasteiger charge is 2.30. The zero-order valence-electron chi connectivity index (χ0n) is 8.36. The van der Waals surface area contributed by atoms with E-state index < -0.39 is 0 Å². The topological polar surface area (TPSA) is 39.9 Å². The molecule has 2 rings (SSSR count). The quantitative estimate of drug-likeness (QED) is 0.785. The number of rotatable bonds is 4. The van der Waals surface area contributed by atoms with Gasteiger partial charge in [-0.25, -0.2) is 4.98 Å². The Bertz CT molecular complexity index is 382. The predicted molar refractivity (Wildman–Crippen MR) is 59.8 cm³/mol. The van der Waals surface area contributed by atoms with Gasteiger partial charge in [-0.05, 0) is 25.0 Å². The molecule has 0 unspecified atom stereocenters. The lowest BCUT2D eigenvalue weighted by Gasteiger charge is -2.22.